The maximum Gasteiger partial charge on any atom is 0.337 e. The minimum Gasteiger partial charge on any atom is -0.508 e. The Bertz CT molecular complexity index is 552. The molecule has 1 aliphatic carbocycles. The van der Waals surface area contributed by atoms with E-state index in [4.69, 9.17) is 5.11 Å². The third kappa shape index (κ3) is 3.60. The molecule has 0 radical (unpaired) electrons. The number of urea groups is 1. The maximum atomic E-state index is 11.9. The topological polar surface area (TPSA) is 98.7 Å². The molecule has 0 aromatic heterocycles. The number of carbonyl (C=O) groups is 2. The zero-order valence-electron chi connectivity index (χ0n) is 11.7. The molecule has 0 saturated heterocycles. The van der Waals surface area contributed by atoms with Crippen LogP contribution in [0.3, 0.4) is 0 Å². The van der Waals surface area contributed by atoms with Crippen LogP contribution in [0.1, 0.15) is 29.6 Å². The van der Waals surface area contributed by atoms with Gasteiger partial charge in [0, 0.05) is 11.3 Å². The van der Waals surface area contributed by atoms with Gasteiger partial charge in [-0.2, -0.15) is 11.8 Å². The number of carbonyl (C=O) groups excluding carboxylic acids is 1. The van der Waals surface area contributed by atoms with Crippen molar-refractivity contribution in [2.45, 2.75) is 24.0 Å². The summed E-state index contributed by atoms with van der Waals surface area (Å²) in [6, 6.07) is 3.36. The summed E-state index contributed by atoms with van der Waals surface area (Å²) in [4.78, 5) is 23.0. The Labute approximate surface area is 126 Å². The van der Waals surface area contributed by atoms with Crippen molar-refractivity contribution in [2.75, 3.05) is 18.1 Å². The number of hydrogen-bond donors (Lipinski definition) is 4. The average Bonchev–Trinajstić information content (AvgIpc) is 2.40. The number of carboxylic acids is 1. The molecule has 0 unspecified atom stereocenters. The fourth-order valence-electron chi connectivity index (χ4n) is 2.25. The molecule has 1 aromatic rings. The molecular formula is C14H18N2O4S. The summed E-state index contributed by atoms with van der Waals surface area (Å²) in [6.45, 7) is 0.556. The first-order valence-corrected chi connectivity index (χ1v) is 7.84. The first kappa shape index (κ1) is 15.5. The fourth-order valence-corrected chi connectivity index (χ4v) is 3.16. The van der Waals surface area contributed by atoms with E-state index in [2.05, 4.69) is 10.6 Å². The van der Waals surface area contributed by atoms with Crippen LogP contribution in [0.25, 0.3) is 0 Å². The minimum atomic E-state index is -1.21. The van der Waals surface area contributed by atoms with Gasteiger partial charge in [-0.3, -0.25) is 0 Å². The molecule has 2 amide bonds. The van der Waals surface area contributed by atoms with Crippen molar-refractivity contribution >= 4 is 29.4 Å². The molecule has 0 aliphatic heterocycles. The van der Waals surface area contributed by atoms with Gasteiger partial charge in [-0.15, -0.1) is 0 Å². The summed E-state index contributed by atoms with van der Waals surface area (Å²) in [7, 11) is 0. The Morgan fingerprint density at radius 2 is 2.10 bits per heavy atom. The maximum absolute atomic E-state index is 11.9. The number of nitrogens with one attached hydrogen (secondary N) is 2. The molecule has 1 aliphatic rings. The molecule has 7 heteroatoms. The van der Waals surface area contributed by atoms with Crippen LogP contribution in [0, 0.1) is 0 Å². The largest absolute Gasteiger partial charge is 0.508 e. The second-order valence-electron chi connectivity index (χ2n) is 5.08. The molecule has 114 valence electrons. The number of rotatable bonds is 5. The molecule has 6 nitrogen and oxygen atoms in total. The predicted molar refractivity (Wildman–Crippen MR) is 82.2 cm³/mol. The Kier molecular flexibility index (Phi) is 4.62. The number of aromatic hydroxyl groups is 1. The number of hydrogen-bond acceptors (Lipinski definition) is 4. The van der Waals surface area contributed by atoms with E-state index in [0.717, 1.165) is 18.9 Å². The van der Waals surface area contributed by atoms with Crippen LogP contribution >= 0.6 is 11.8 Å². The lowest BCUT2D eigenvalue weighted by molar-refractivity contribution is 0.0697. The van der Waals surface area contributed by atoms with E-state index in [9.17, 15) is 14.7 Å². The van der Waals surface area contributed by atoms with Crippen LogP contribution in [0.4, 0.5) is 10.5 Å². The SMILES string of the molecule is CSC1(CNC(=O)Nc2ccc(O)cc2C(=O)O)CCC1. The summed E-state index contributed by atoms with van der Waals surface area (Å²) in [6.07, 6.45) is 5.36. The number of phenolic OH excluding ortho intramolecular Hbond substituents is 1. The smallest absolute Gasteiger partial charge is 0.337 e. The van der Waals surface area contributed by atoms with Crippen molar-refractivity contribution in [3.8, 4) is 5.75 Å². The lowest BCUT2D eigenvalue weighted by Crippen LogP contribution is -2.46. The summed E-state index contributed by atoms with van der Waals surface area (Å²) >= 11 is 1.75. The van der Waals surface area contributed by atoms with Gasteiger partial charge in [0.1, 0.15) is 5.75 Å². The van der Waals surface area contributed by atoms with Gasteiger partial charge < -0.3 is 20.8 Å². The molecular weight excluding hydrogens is 292 g/mol. The molecule has 0 heterocycles. The number of phenols is 1. The number of anilines is 1. The van der Waals surface area contributed by atoms with Crippen LogP contribution in [-0.4, -0.2) is 39.8 Å². The van der Waals surface area contributed by atoms with Gasteiger partial charge in [0.2, 0.25) is 0 Å². The van der Waals surface area contributed by atoms with Crippen molar-refractivity contribution in [3.63, 3.8) is 0 Å². The second-order valence-corrected chi connectivity index (χ2v) is 6.36. The Balaban J connectivity index is 1.98. The zero-order chi connectivity index (χ0) is 15.5. The van der Waals surface area contributed by atoms with Gasteiger partial charge in [0.15, 0.2) is 0 Å². The molecule has 0 spiro atoms. The van der Waals surface area contributed by atoms with Crippen molar-refractivity contribution in [1.29, 1.82) is 0 Å². The van der Waals surface area contributed by atoms with E-state index in [1.807, 2.05) is 6.26 Å². The summed E-state index contributed by atoms with van der Waals surface area (Å²) in [5, 5.41) is 23.7. The zero-order valence-corrected chi connectivity index (χ0v) is 12.5. The van der Waals surface area contributed by atoms with Gasteiger partial charge in [-0.1, -0.05) is 6.42 Å². The molecule has 0 bridgehead atoms. The summed E-state index contributed by atoms with van der Waals surface area (Å²) < 4.78 is 0.113. The first-order valence-electron chi connectivity index (χ1n) is 6.62. The van der Waals surface area contributed by atoms with Crippen LogP contribution in [0.2, 0.25) is 0 Å². The fraction of sp³-hybridized carbons (Fsp3) is 0.429. The van der Waals surface area contributed by atoms with Gasteiger partial charge in [0.05, 0.1) is 11.3 Å². The third-order valence-electron chi connectivity index (χ3n) is 3.75. The van der Waals surface area contributed by atoms with Crippen molar-refractivity contribution < 1.29 is 19.8 Å². The van der Waals surface area contributed by atoms with Crippen LogP contribution < -0.4 is 10.6 Å². The van der Waals surface area contributed by atoms with Gasteiger partial charge >= 0.3 is 12.0 Å². The van der Waals surface area contributed by atoms with Gasteiger partial charge in [-0.25, -0.2) is 9.59 Å². The number of aromatic carboxylic acids is 1. The van der Waals surface area contributed by atoms with Crippen molar-refractivity contribution in [3.05, 3.63) is 23.8 Å². The van der Waals surface area contributed by atoms with E-state index >= 15 is 0 Å². The number of carboxylic acid groups (broad SMARTS) is 1. The molecule has 1 fully saturated rings. The summed E-state index contributed by atoms with van der Waals surface area (Å²) in [5.74, 6) is -1.37. The average molecular weight is 310 g/mol. The van der Waals surface area contributed by atoms with E-state index < -0.39 is 12.0 Å². The molecule has 1 aromatic carbocycles. The third-order valence-corrected chi connectivity index (χ3v) is 5.17. The summed E-state index contributed by atoms with van der Waals surface area (Å²) in [5.41, 5.74) is 0.0120. The Morgan fingerprint density at radius 3 is 2.62 bits per heavy atom. The Hall–Kier alpha value is -1.89. The highest BCUT2D eigenvalue weighted by molar-refractivity contribution is 8.00. The van der Waals surface area contributed by atoms with Gasteiger partial charge in [-0.05, 0) is 37.3 Å². The van der Waals surface area contributed by atoms with Crippen LogP contribution in [0.5, 0.6) is 5.75 Å². The van der Waals surface area contributed by atoms with E-state index in [0.29, 0.717) is 6.54 Å². The number of thioether (sulfide) groups is 1. The van der Waals surface area contributed by atoms with Crippen molar-refractivity contribution in [2.24, 2.45) is 0 Å². The van der Waals surface area contributed by atoms with Crippen LogP contribution in [-0.2, 0) is 0 Å². The lowest BCUT2D eigenvalue weighted by atomic mass is 9.84. The highest BCUT2D eigenvalue weighted by Gasteiger charge is 2.36. The monoisotopic (exact) mass is 310 g/mol. The van der Waals surface area contributed by atoms with Crippen molar-refractivity contribution in [1.82, 2.24) is 5.32 Å². The number of amides is 2. The first-order chi connectivity index (χ1) is 9.96. The standard InChI is InChI=1S/C14H18N2O4S/c1-21-14(5-2-6-14)8-15-13(20)16-11-4-3-9(17)7-10(11)12(18)19/h3-4,7,17H,2,5-6,8H2,1H3,(H,18,19)(H2,15,16,20). The normalized spacial score (nSPS) is 15.9. The van der Waals surface area contributed by atoms with E-state index in [-0.39, 0.29) is 21.7 Å². The molecule has 1 saturated carbocycles. The second kappa shape index (κ2) is 6.26. The molecule has 0 atom stereocenters. The molecule has 4 N–H and O–H groups in total. The van der Waals surface area contributed by atoms with E-state index in [1.165, 1.54) is 18.6 Å². The quantitative estimate of drug-likeness (QED) is 0.626. The Morgan fingerprint density at radius 1 is 1.38 bits per heavy atom. The number of benzene rings is 1. The highest BCUT2D eigenvalue weighted by atomic mass is 32.2. The van der Waals surface area contributed by atoms with E-state index in [1.54, 1.807) is 11.8 Å². The lowest BCUT2D eigenvalue weighted by Gasteiger charge is -2.40. The predicted octanol–water partition coefficient (Wildman–Crippen LogP) is 2.50. The van der Waals surface area contributed by atoms with Gasteiger partial charge in [0.25, 0.3) is 0 Å². The molecule has 21 heavy (non-hydrogen) atoms. The minimum absolute atomic E-state index is 0.113. The van der Waals surface area contributed by atoms with Crippen LogP contribution in [0.15, 0.2) is 18.2 Å². The molecule has 2 rings (SSSR count). The highest BCUT2D eigenvalue weighted by Crippen LogP contribution is 2.42.